The third kappa shape index (κ3) is 3.78. The predicted octanol–water partition coefficient (Wildman–Crippen LogP) is 2.44. The summed E-state index contributed by atoms with van der Waals surface area (Å²) in [6.45, 7) is 2.54. The van der Waals surface area contributed by atoms with E-state index in [1.54, 1.807) is 25.1 Å². The van der Waals surface area contributed by atoms with E-state index in [1.165, 1.54) is 4.31 Å². The molecule has 0 radical (unpaired) electrons. The summed E-state index contributed by atoms with van der Waals surface area (Å²) in [5.41, 5.74) is 0.712. The van der Waals surface area contributed by atoms with Gasteiger partial charge >= 0.3 is 0 Å². The van der Waals surface area contributed by atoms with Crippen molar-refractivity contribution in [1.29, 1.82) is 0 Å². The summed E-state index contributed by atoms with van der Waals surface area (Å²) in [5, 5.41) is 2.99. The molecular formula is C16H21BrN2O3S. The number of carbonyl (C=O) groups is 1. The topological polar surface area (TPSA) is 66.5 Å². The molecule has 3 rings (SSSR count). The number of sulfonamides is 1. The third-order valence-electron chi connectivity index (χ3n) is 4.43. The number of halogens is 1. The van der Waals surface area contributed by atoms with E-state index in [-0.39, 0.29) is 18.4 Å². The van der Waals surface area contributed by atoms with Gasteiger partial charge in [-0.1, -0.05) is 15.9 Å². The van der Waals surface area contributed by atoms with Gasteiger partial charge in [0.1, 0.15) is 0 Å². The molecule has 1 amide bonds. The quantitative estimate of drug-likeness (QED) is 0.843. The lowest BCUT2D eigenvalue weighted by Crippen LogP contribution is -2.45. The first-order valence-electron chi connectivity index (χ1n) is 7.94. The molecule has 5 nitrogen and oxygen atoms in total. The highest BCUT2D eigenvalue weighted by atomic mass is 79.9. The van der Waals surface area contributed by atoms with Crippen LogP contribution < -0.4 is 5.32 Å². The Labute approximate surface area is 145 Å². The second-order valence-electron chi connectivity index (χ2n) is 6.39. The predicted molar refractivity (Wildman–Crippen MR) is 91.5 cm³/mol. The summed E-state index contributed by atoms with van der Waals surface area (Å²) in [6, 6.07) is 5.47. The van der Waals surface area contributed by atoms with Gasteiger partial charge in [-0.05, 0) is 56.4 Å². The number of benzene rings is 1. The number of piperidine rings is 1. The normalized spacial score (nSPS) is 22.8. The molecule has 1 aromatic carbocycles. The number of nitrogens with one attached hydrogen (secondary N) is 1. The molecule has 1 atom stereocenters. The number of rotatable bonds is 4. The van der Waals surface area contributed by atoms with Crippen molar-refractivity contribution < 1.29 is 13.2 Å². The van der Waals surface area contributed by atoms with E-state index in [9.17, 15) is 13.2 Å². The van der Waals surface area contributed by atoms with Crippen LogP contribution in [0, 0.1) is 12.8 Å². The molecule has 0 unspecified atom stereocenters. The SMILES string of the molecule is Cc1cc(Br)ccc1S(=O)(=O)N1CCC[C@@H](C(=O)NC2CC2)C1. The highest BCUT2D eigenvalue weighted by Gasteiger charge is 2.35. The molecule has 0 spiro atoms. The zero-order chi connectivity index (χ0) is 16.6. The van der Waals surface area contributed by atoms with Gasteiger partial charge in [-0.15, -0.1) is 0 Å². The maximum atomic E-state index is 12.9. The summed E-state index contributed by atoms with van der Waals surface area (Å²) in [7, 11) is -3.56. The van der Waals surface area contributed by atoms with Crippen molar-refractivity contribution in [2.75, 3.05) is 13.1 Å². The van der Waals surface area contributed by atoms with E-state index in [4.69, 9.17) is 0 Å². The van der Waals surface area contributed by atoms with Crippen molar-refractivity contribution in [3.05, 3.63) is 28.2 Å². The van der Waals surface area contributed by atoms with Crippen LogP contribution in [0.4, 0.5) is 0 Å². The Hall–Kier alpha value is -0.920. The van der Waals surface area contributed by atoms with Gasteiger partial charge in [-0.25, -0.2) is 8.42 Å². The number of aryl methyl sites for hydroxylation is 1. The molecule has 1 saturated carbocycles. The molecule has 2 fully saturated rings. The fourth-order valence-corrected chi connectivity index (χ4v) is 5.17. The number of amides is 1. The zero-order valence-corrected chi connectivity index (χ0v) is 15.5. The molecule has 126 valence electrons. The van der Waals surface area contributed by atoms with Crippen LogP contribution in [0.5, 0.6) is 0 Å². The second-order valence-corrected chi connectivity index (χ2v) is 9.22. The third-order valence-corrected chi connectivity index (χ3v) is 6.95. The van der Waals surface area contributed by atoms with Crippen LogP contribution in [-0.2, 0) is 14.8 Å². The Morgan fingerprint density at radius 3 is 2.70 bits per heavy atom. The lowest BCUT2D eigenvalue weighted by atomic mass is 9.99. The van der Waals surface area contributed by atoms with Gasteiger partial charge in [-0.3, -0.25) is 4.79 Å². The van der Waals surface area contributed by atoms with Gasteiger partial charge in [0.2, 0.25) is 15.9 Å². The van der Waals surface area contributed by atoms with Crippen molar-refractivity contribution in [2.24, 2.45) is 5.92 Å². The van der Waals surface area contributed by atoms with Gasteiger partial charge in [0.05, 0.1) is 10.8 Å². The van der Waals surface area contributed by atoms with Crippen LogP contribution in [0.2, 0.25) is 0 Å². The van der Waals surface area contributed by atoms with Gasteiger partial charge in [0.25, 0.3) is 0 Å². The Kier molecular flexibility index (Phi) is 4.80. The first-order valence-corrected chi connectivity index (χ1v) is 10.2. The fraction of sp³-hybridized carbons (Fsp3) is 0.562. The summed E-state index contributed by atoms with van der Waals surface area (Å²) < 4.78 is 28.1. The highest BCUT2D eigenvalue weighted by Crippen LogP contribution is 2.28. The molecule has 1 aliphatic carbocycles. The van der Waals surface area contributed by atoms with Gasteiger partial charge in [-0.2, -0.15) is 4.31 Å². The number of nitrogens with zero attached hydrogens (tertiary/aromatic N) is 1. The maximum absolute atomic E-state index is 12.9. The van der Waals surface area contributed by atoms with Crippen LogP contribution in [-0.4, -0.2) is 37.8 Å². The minimum Gasteiger partial charge on any atom is -0.353 e. The molecule has 1 aliphatic heterocycles. The summed E-state index contributed by atoms with van der Waals surface area (Å²) in [6.07, 6.45) is 3.55. The van der Waals surface area contributed by atoms with Crippen molar-refractivity contribution >= 4 is 31.9 Å². The molecule has 7 heteroatoms. The molecule has 23 heavy (non-hydrogen) atoms. The Balaban J connectivity index is 1.77. The van der Waals surface area contributed by atoms with Crippen LogP contribution in [0.25, 0.3) is 0 Å². The number of carbonyl (C=O) groups excluding carboxylic acids is 1. The molecular weight excluding hydrogens is 380 g/mol. The first-order chi connectivity index (χ1) is 10.9. The molecule has 1 heterocycles. The average molecular weight is 401 g/mol. The molecule has 0 aromatic heterocycles. The van der Waals surface area contributed by atoms with Crippen LogP contribution in [0.1, 0.15) is 31.2 Å². The minimum absolute atomic E-state index is 0.0000666. The van der Waals surface area contributed by atoms with Gasteiger partial charge < -0.3 is 5.32 Å². The second kappa shape index (κ2) is 6.53. The summed E-state index contributed by atoms with van der Waals surface area (Å²) in [5.74, 6) is -0.241. The van der Waals surface area contributed by atoms with Crippen LogP contribution >= 0.6 is 15.9 Å². The summed E-state index contributed by atoms with van der Waals surface area (Å²) >= 11 is 3.36. The van der Waals surface area contributed by atoms with E-state index in [0.717, 1.165) is 30.2 Å². The lowest BCUT2D eigenvalue weighted by Gasteiger charge is -2.31. The van der Waals surface area contributed by atoms with Crippen molar-refractivity contribution in [3.63, 3.8) is 0 Å². The Morgan fingerprint density at radius 1 is 1.30 bits per heavy atom. The van der Waals surface area contributed by atoms with Gasteiger partial charge in [0.15, 0.2) is 0 Å². The fourth-order valence-electron chi connectivity index (χ4n) is 2.96. The zero-order valence-electron chi connectivity index (χ0n) is 13.1. The molecule has 1 N–H and O–H groups in total. The molecule has 1 aromatic rings. The average Bonchev–Trinajstić information content (AvgIpc) is 3.31. The standard InChI is InChI=1S/C16H21BrN2O3S/c1-11-9-13(17)4-7-15(11)23(21,22)19-8-2-3-12(10-19)16(20)18-14-5-6-14/h4,7,9,12,14H,2-3,5-6,8,10H2,1H3,(H,18,20)/t12-/m1/s1. The monoisotopic (exact) mass is 400 g/mol. The maximum Gasteiger partial charge on any atom is 0.243 e. The number of hydrogen-bond donors (Lipinski definition) is 1. The smallest absolute Gasteiger partial charge is 0.243 e. The lowest BCUT2D eigenvalue weighted by molar-refractivity contribution is -0.126. The van der Waals surface area contributed by atoms with E-state index in [1.807, 2.05) is 0 Å². The number of hydrogen-bond acceptors (Lipinski definition) is 3. The van der Waals surface area contributed by atoms with Crippen LogP contribution in [0.15, 0.2) is 27.6 Å². The molecule has 0 bridgehead atoms. The van der Waals surface area contributed by atoms with Crippen molar-refractivity contribution in [3.8, 4) is 0 Å². The first kappa shape index (κ1) is 16.9. The highest BCUT2D eigenvalue weighted by molar-refractivity contribution is 9.10. The minimum atomic E-state index is -3.56. The molecule has 1 saturated heterocycles. The van der Waals surface area contributed by atoms with Crippen LogP contribution in [0.3, 0.4) is 0 Å². The van der Waals surface area contributed by atoms with Gasteiger partial charge in [0, 0.05) is 23.6 Å². The van der Waals surface area contributed by atoms with Crippen molar-refractivity contribution in [1.82, 2.24) is 9.62 Å². The Bertz CT molecular complexity index is 716. The van der Waals surface area contributed by atoms with E-state index in [2.05, 4.69) is 21.2 Å². The largest absolute Gasteiger partial charge is 0.353 e. The van der Waals surface area contributed by atoms with E-state index >= 15 is 0 Å². The Morgan fingerprint density at radius 2 is 2.04 bits per heavy atom. The van der Waals surface area contributed by atoms with Crippen molar-refractivity contribution in [2.45, 2.75) is 43.5 Å². The van der Waals surface area contributed by atoms with E-state index < -0.39 is 10.0 Å². The van der Waals surface area contributed by atoms with E-state index in [0.29, 0.717) is 23.0 Å². The molecule has 2 aliphatic rings. The summed E-state index contributed by atoms with van der Waals surface area (Å²) in [4.78, 5) is 12.6.